The fraction of sp³-hybridized carbons (Fsp3) is 0.417. The molecule has 7 nitrogen and oxygen atoms in total. The van der Waals surface area contributed by atoms with Gasteiger partial charge < -0.3 is 10.2 Å². The van der Waals surface area contributed by atoms with Crippen molar-refractivity contribution in [1.29, 1.82) is 0 Å². The van der Waals surface area contributed by atoms with E-state index in [4.69, 9.17) is 23.2 Å². The highest BCUT2D eigenvalue weighted by molar-refractivity contribution is 7.92. The van der Waals surface area contributed by atoms with Gasteiger partial charge >= 0.3 is 0 Å². The molecule has 0 aromatic heterocycles. The molecule has 1 N–H and O–H groups in total. The quantitative estimate of drug-likeness (QED) is 0.470. The van der Waals surface area contributed by atoms with E-state index in [1.165, 1.54) is 17.0 Å². The topological polar surface area (TPSA) is 86.8 Å². The van der Waals surface area contributed by atoms with E-state index in [1.807, 2.05) is 13.8 Å². The van der Waals surface area contributed by atoms with Gasteiger partial charge in [-0.05, 0) is 48.2 Å². The van der Waals surface area contributed by atoms with Crippen LogP contribution in [0.25, 0.3) is 0 Å². The number of nitrogens with one attached hydrogen (secondary N) is 1. The number of amides is 2. The maximum atomic E-state index is 13.6. The molecule has 0 aliphatic rings. The molecule has 2 aromatic rings. The van der Waals surface area contributed by atoms with Crippen molar-refractivity contribution in [1.82, 2.24) is 10.2 Å². The predicted molar refractivity (Wildman–Crippen MR) is 138 cm³/mol. The number of sulfonamides is 1. The van der Waals surface area contributed by atoms with Gasteiger partial charge in [-0.2, -0.15) is 0 Å². The van der Waals surface area contributed by atoms with Gasteiger partial charge in [-0.1, -0.05) is 62.2 Å². The van der Waals surface area contributed by atoms with E-state index in [-0.39, 0.29) is 18.4 Å². The number of carbonyl (C=O) groups is 2. The predicted octanol–water partition coefficient (Wildman–Crippen LogP) is 4.34. The number of hydrogen-bond donors (Lipinski definition) is 1. The van der Waals surface area contributed by atoms with E-state index in [0.29, 0.717) is 34.3 Å². The molecule has 2 amide bonds. The summed E-state index contributed by atoms with van der Waals surface area (Å²) in [5.74, 6) is -0.583. The van der Waals surface area contributed by atoms with Gasteiger partial charge in [0.2, 0.25) is 21.8 Å². The van der Waals surface area contributed by atoms with Gasteiger partial charge in [0.05, 0.1) is 11.9 Å². The Labute approximate surface area is 212 Å². The summed E-state index contributed by atoms with van der Waals surface area (Å²) in [6.45, 7) is 5.81. The summed E-state index contributed by atoms with van der Waals surface area (Å²) in [5.41, 5.74) is 0.959. The lowest BCUT2D eigenvalue weighted by molar-refractivity contribution is -0.140. The zero-order chi connectivity index (χ0) is 25.5. The van der Waals surface area contributed by atoms with Crippen LogP contribution in [0.2, 0.25) is 10.0 Å². The van der Waals surface area contributed by atoms with Crippen LogP contribution in [0.5, 0.6) is 0 Å². The van der Waals surface area contributed by atoms with Crippen LogP contribution in [0.3, 0.4) is 0 Å². The number of rotatable bonds is 11. The van der Waals surface area contributed by atoms with Crippen LogP contribution in [-0.4, -0.2) is 50.5 Å². The Balaban J connectivity index is 2.42. The molecule has 1 atom stereocenters. The maximum Gasteiger partial charge on any atom is 0.244 e. The molecule has 186 valence electrons. The minimum atomic E-state index is -3.80. The molecule has 34 heavy (non-hydrogen) atoms. The van der Waals surface area contributed by atoms with Crippen molar-refractivity contribution < 1.29 is 18.0 Å². The number of halogens is 2. The molecule has 2 rings (SSSR count). The van der Waals surface area contributed by atoms with Gasteiger partial charge in [0.15, 0.2) is 0 Å². The molecule has 10 heteroatoms. The van der Waals surface area contributed by atoms with Gasteiger partial charge in [0, 0.05) is 23.1 Å². The first-order chi connectivity index (χ1) is 15.9. The standard InChI is InChI=1S/C24H31Cl2N3O4S/c1-5-22(24(31)27-14-17(2)3)28(15-18-8-6-7-9-21(18)26)23(30)16-29(34(4,32)33)20-12-10-19(25)11-13-20/h6-13,17,22H,5,14-16H2,1-4H3,(H,27,31)/t22-/m1/s1. The Morgan fingerprint density at radius 2 is 1.65 bits per heavy atom. The largest absolute Gasteiger partial charge is 0.354 e. The highest BCUT2D eigenvalue weighted by Crippen LogP contribution is 2.23. The van der Waals surface area contributed by atoms with E-state index in [2.05, 4.69) is 5.32 Å². The second-order valence-corrected chi connectivity index (χ2v) is 11.2. The molecule has 0 aliphatic heterocycles. The fourth-order valence-corrected chi connectivity index (χ4v) is 4.54. The molecule has 0 radical (unpaired) electrons. The number of carbonyl (C=O) groups excluding carboxylic acids is 2. The van der Waals surface area contributed by atoms with Crippen molar-refractivity contribution in [2.45, 2.75) is 39.8 Å². The molecular formula is C24H31Cl2N3O4S. The van der Waals surface area contributed by atoms with Gasteiger partial charge in [-0.25, -0.2) is 8.42 Å². The SMILES string of the molecule is CC[C@H](C(=O)NCC(C)C)N(Cc1ccccc1Cl)C(=O)CN(c1ccc(Cl)cc1)S(C)(=O)=O. The third-order valence-electron chi connectivity index (χ3n) is 5.16. The zero-order valence-corrected chi connectivity index (χ0v) is 22.1. The summed E-state index contributed by atoms with van der Waals surface area (Å²) in [6, 6.07) is 12.4. The summed E-state index contributed by atoms with van der Waals surface area (Å²) in [6.07, 6.45) is 1.37. The van der Waals surface area contributed by atoms with Crippen LogP contribution in [0.4, 0.5) is 5.69 Å². The first-order valence-corrected chi connectivity index (χ1v) is 13.6. The Bertz CT molecular complexity index is 1090. The Morgan fingerprint density at radius 3 is 2.18 bits per heavy atom. The highest BCUT2D eigenvalue weighted by Gasteiger charge is 2.32. The third-order valence-corrected chi connectivity index (χ3v) is 6.92. The molecule has 2 aromatic carbocycles. The van der Waals surface area contributed by atoms with Gasteiger partial charge in [-0.3, -0.25) is 13.9 Å². The summed E-state index contributed by atoms with van der Waals surface area (Å²) < 4.78 is 26.1. The van der Waals surface area contributed by atoms with Gasteiger partial charge in [-0.15, -0.1) is 0 Å². The van der Waals surface area contributed by atoms with Crippen LogP contribution < -0.4 is 9.62 Å². The number of hydrogen-bond acceptors (Lipinski definition) is 4. The lowest BCUT2D eigenvalue weighted by atomic mass is 10.1. The monoisotopic (exact) mass is 527 g/mol. The van der Waals surface area contributed by atoms with E-state index in [0.717, 1.165) is 10.6 Å². The zero-order valence-electron chi connectivity index (χ0n) is 19.8. The summed E-state index contributed by atoms with van der Waals surface area (Å²) in [4.78, 5) is 28.0. The van der Waals surface area contributed by atoms with Gasteiger partial charge in [0.1, 0.15) is 12.6 Å². The second kappa shape index (κ2) is 12.4. The Hall–Kier alpha value is -2.29. The lowest BCUT2D eigenvalue weighted by Gasteiger charge is -2.33. The van der Waals surface area contributed by atoms with E-state index >= 15 is 0 Å². The van der Waals surface area contributed by atoms with Crippen LogP contribution in [-0.2, 0) is 26.2 Å². The average Bonchev–Trinajstić information content (AvgIpc) is 2.77. The normalized spacial score (nSPS) is 12.3. The Morgan fingerprint density at radius 1 is 1.03 bits per heavy atom. The minimum Gasteiger partial charge on any atom is -0.354 e. The van der Waals surface area contributed by atoms with Crippen LogP contribution in [0.1, 0.15) is 32.8 Å². The van der Waals surface area contributed by atoms with E-state index < -0.39 is 28.5 Å². The molecule has 0 bridgehead atoms. The summed E-state index contributed by atoms with van der Waals surface area (Å²) >= 11 is 12.3. The molecule has 0 saturated carbocycles. The van der Waals surface area contributed by atoms with Crippen molar-refractivity contribution >= 4 is 50.7 Å². The average molecular weight is 529 g/mol. The lowest BCUT2D eigenvalue weighted by Crippen LogP contribution is -2.52. The molecular weight excluding hydrogens is 497 g/mol. The van der Waals surface area contributed by atoms with Crippen molar-refractivity contribution in [3.63, 3.8) is 0 Å². The molecule has 0 saturated heterocycles. The smallest absolute Gasteiger partial charge is 0.244 e. The van der Waals surface area contributed by atoms with Crippen molar-refractivity contribution in [2.75, 3.05) is 23.7 Å². The first kappa shape index (κ1) is 28.0. The second-order valence-electron chi connectivity index (χ2n) is 8.42. The highest BCUT2D eigenvalue weighted by atomic mass is 35.5. The van der Waals surface area contributed by atoms with Crippen LogP contribution >= 0.6 is 23.2 Å². The third kappa shape index (κ3) is 7.89. The van der Waals surface area contributed by atoms with Gasteiger partial charge in [0.25, 0.3) is 0 Å². The molecule has 0 aliphatic carbocycles. The summed E-state index contributed by atoms with van der Waals surface area (Å²) in [7, 11) is -3.80. The molecule has 0 spiro atoms. The Kier molecular flexibility index (Phi) is 10.2. The van der Waals surface area contributed by atoms with Crippen molar-refractivity contribution in [3.05, 3.63) is 64.1 Å². The molecule has 0 unspecified atom stereocenters. The molecule has 0 fully saturated rings. The van der Waals surface area contributed by atoms with Crippen LogP contribution in [0, 0.1) is 5.92 Å². The van der Waals surface area contributed by atoms with Crippen LogP contribution in [0.15, 0.2) is 48.5 Å². The number of nitrogens with zero attached hydrogens (tertiary/aromatic N) is 2. The fourth-order valence-electron chi connectivity index (χ4n) is 3.37. The number of benzene rings is 2. The van der Waals surface area contributed by atoms with E-state index in [1.54, 1.807) is 43.3 Å². The maximum absolute atomic E-state index is 13.6. The number of anilines is 1. The summed E-state index contributed by atoms with van der Waals surface area (Å²) in [5, 5.41) is 3.77. The van der Waals surface area contributed by atoms with Crippen molar-refractivity contribution in [2.24, 2.45) is 5.92 Å². The molecule has 0 heterocycles. The minimum absolute atomic E-state index is 0.0599. The van der Waals surface area contributed by atoms with E-state index in [9.17, 15) is 18.0 Å². The first-order valence-electron chi connectivity index (χ1n) is 11.0. The van der Waals surface area contributed by atoms with Crippen molar-refractivity contribution in [3.8, 4) is 0 Å².